The number of aryl methyl sites for hydroxylation is 2. The molecule has 0 aromatic carbocycles. The van der Waals surface area contributed by atoms with Crippen LogP contribution in [0.4, 0.5) is 0 Å². The van der Waals surface area contributed by atoms with Crippen LogP contribution in [0.2, 0.25) is 0 Å². The summed E-state index contributed by atoms with van der Waals surface area (Å²) in [6.45, 7) is 6.01. The van der Waals surface area contributed by atoms with E-state index < -0.39 is 0 Å². The molecule has 2 aliphatic heterocycles. The molecule has 0 N–H and O–H groups in total. The third-order valence-corrected chi connectivity index (χ3v) is 6.81. The molecule has 0 aliphatic carbocycles. The molecule has 2 aromatic rings. The molecule has 6 nitrogen and oxygen atoms in total. The zero-order valence-corrected chi connectivity index (χ0v) is 16.6. The van der Waals surface area contributed by atoms with Gasteiger partial charge in [-0.2, -0.15) is 0 Å². The molecule has 1 atom stereocenters. The third kappa shape index (κ3) is 3.75. The second-order valence-electron chi connectivity index (χ2n) is 7.43. The number of aromatic nitrogens is 2. The maximum absolute atomic E-state index is 12.9. The summed E-state index contributed by atoms with van der Waals surface area (Å²) in [5.41, 5.74) is 2.32. The number of thioether (sulfide) groups is 1. The number of likely N-dealkylation sites (tertiary alicyclic amines) is 1. The van der Waals surface area contributed by atoms with Crippen molar-refractivity contribution in [2.45, 2.75) is 50.6 Å². The first kappa shape index (κ1) is 18.5. The average molecular weight is 388 g/mol. The quantitative estimate of drug-likeness (QED) is 0.758. The fourth-order valence-corrected chi connectivity index (χ4v) is 5.41. The SMILES string of the molecule is CCCc1onc(C)c1C(=O)N1CC2(C[C@@H](OCc3ccccn3)CS2)C1. The number of nitrogens with zero attached hydrogens (tertiary/aromatic N) is 3. The van der Waals surface area contributed by atoms with Gasteiger partial charge in [-0.05, 0) is 31.9 Å². The van der Waals surface area contributed by atoms with E-state index >= 15 is 0 Å². The summed E-state index contributed by atoms with van der Waals surface area (Å²) in [6.07, 6.45) is 4.68. The van der Waals surface area contributed by atoms with Gasteiger partial charge in [0.2, 0.25) is 0 Å². The van der Waals surface area contributed by atoms with E-state index in [0.29, 0.717) is 17.9 Å². The van der Waals surface area contributed by atoms with Crippen LogP contribution in [0, 0.1) is 6.92 Å². The van der Waals surface area contributed by atoms with Gasteiger partial charge < -0.3 is 14.2 Å². The first-order valence-corrected chi connectivity index (χ1v) is 10.5. The molecule has 0 saturated carbocycles. The van der Waals surface area contributed by atoms with Crippen LogP contribution in [0.25, 0.3) is 0 Å². The summed E-state index contributed by atoms with van der Waals surface area (Å²) in [5, 5.41) is 4.00. The Morgan fingerprint density at radius 2 is 2.30 bits per heavy atom. The highest BCUT2D eigenvalue weighted by Crippen LogP contribution is 2.46. The van der Waals surface area contributed by atoms with Gasteiger partial charge in [-0.3, -0.25) is 9.78 Å². The van der Waals surface area contributed by atoms with Crippen molar-refractivity contribution in [3.8, 4) is 0 Å². The van der Waals surface area contributed by atoms with Crippen LogP contribution < -0.4 is 0 Å². The third-order valence-electron chi connectivity index (χ3n) is 5.24. The second kappa shape index (κ2) is 7.64. The Balaban J connectivity index is 1.31. The number of rotatable bonds is 6. The van der Waals surface area contributed by atoms with E-state index in [1.807, 2.05) is 41.8 Å². The summed E-state index contributed by atoms with van der Waals surface area (Å²) in [4.78, 5) is 19.1. The minimum Gasteiger partial charge on any atom is -0.371 e. The Bertz CT molecular complexity index is 802. The number of amides is 1. The van der Waals surface area contributed by atoms with Crippen LogP contribution in [-0.2, 0) is 17.8 Å². The smallest absolute Gasteiger partial charge is 0.259 e. The Kier molecular flexibility index (Phi) is 5.23. The minimum absolute atomic E-state index is 0.0567. The fourth-order valence-electron chi connectivity index (χ4n) is 3.86. The Morgan fingerprint density at radius 1 is 1.44 bits per heavy atom. The van der Waals surface area contributed by atoms with Crippen molar-refractivity contribution in [3.05, 3.63) is 47.1 Å². The molecule has 2 saturated heterocycles. The van der Waals surface area contributed by atoms with E-state index in [4.69, 9.17) is 9.26 Å². The minimum atomic E-state index is 0.0567. The van der Waals surface area contributed by atoms with Gasteiger partial charge in [0, 0.05) is 31.5 Å². The molecular formula is C20H25N3O3S. The first-order valence-electron chi connectivity index (χ1n) is 9.50. The molecule has 27 heavy (non-hydrogen) atoms. The normalized spacial score (nSPS) is 20.8. The summed E-state index contributed by atoms with van der Waals surface area (Å²) < 4.78 is 11.5. The van der Waals surface area contributed by atoms with Gasteiger partial charge in [0.1, 0.15) is 11.3 Å². The molecule has 4 rings (SSSR count). The lowest BCUT2D eigenvalue weighted by molar-refractivity contribution is 0.0244. The highest BCUT2D eigenvalue weighted by Gasteiger charge is 2.51. The summed E-state index contributed by atoms with van der Waals surface area (Å²) in [5.74, 6) is 1.75. The molecule has 2 aromatic heterocycles. The number of hydrogen-bond acceptors (Lipinski definition) is 6. The van der Waals surface area contributed by atoms with Crippen LogP contribution in [0.3, 0.4) is 0 Å². The van der Waals surface area contributed by atoms with E-state index in [1.165, 1.54) is 0 Å². The van der Waals surface area contributed by atoms with Crippen LogP contribution in [0.1, 0.15) is 47.3 Å². The predicted molar refractivity (Wildman–Crippen MR) is 104 cm³/mol. The predicted octanol–water partition coefficient (Wildman–Crippen LogP) is 3.25. The number of carbonyl (C=O) groups excluding carboxylic acids is 1. The van der Waals surface area contributed by atoms with Crippen molar-refractivity contribution in [1.82, 2.24) is 15.0 Å². The number of pyridine rings is 1. The summed E-state index contributed by atoms with van der Waals surface area (Å²) in [7, 11) is 0. The molecule has 7 heteroatoms. The fraction of sp³-hybridized carbons (Fsp3) is 0.550. The maximum atomic E-state index is 12.9. The van der Waals surface area contributed by atoms with Crippen LogP contribution in [0.15, 0.2) is 28.9 Å². The zero-order valence-electron chi connectivity index (χ0n) is 15.8. The molecule has 0 unspecified atom stereocenters. The lowest BCUT2D eigenvalue weighted by atomic mass is 9.92. The van der Waals surface area contributed by atoms with Gasteiger partial charge in [-0.1, -0.05) is 18.1 Å². The molecule has 4 heterocycles. The van der Waals surface area contributed by atoms with Gasteiger partial charge in [-0.15, -0.1) is 11.8 Å². The van der Waals surface area contributed by atoms with Crippen molar-refractivity contribution < 1.29 is 14.1 Å². The van der Waals surface area contributed by atoms with E-state index in [0.717, 1.165) is 49.6 Å². The van der Waals surface area contributed by atoms with Crippen molar-refractivity contribution in [3.63, 3.8) is 0 Å². The van der Waals surface area contributed by atoms with E-state index in [9.17, 15) is 4.79 Å². The van der Waals surface area contributed by atoms with Crippen molar-refractivity contribution >= 4 is 17.7 Å². The van der Waals surface area contributed by atoms with E-state index in [-0.39, 0.29) is 16.8 Å². The molecule has 1 spiro atoms. The number of carbonyl (C=O) groups is 1. The molecule has 2 aliphatic rings. The molecule has 0 radical (unpaired) electrons. The second-order valence-corrected chi connectivity index (χ2v) is 8.92. The molecule has 2 fully saturated rings. The highest BCUT2D eigenvalue weighted by atomic mass is 32.2. The largest absolute Gasteiger partial charge is 0.371 e. The number of hydrogen-bond donors (Lipinski definition) is 0. The topological polar surface area (TPSA) is 68.5 Å². The molecule has 144 valence electrons. The molecular weight excluding hydrogens is 362 g/mol. The van der Waals surface area contributed by atoms with Gasteiger partial charge in [0.15, 0.2) is 0 Å². The standard InChI is InChI=1S/C20H25N3O3S/c1-3-6-17-18(14(2)22-26-17)19(24)23-12-20(13-23)9-16(11-27-20)25-10-15-7-4-5-8-21-15/h4-5,7-8,16H,3,6,9-13H2,1-2H3/t16-/m1/s1. The van der Waals surface area contributed by atoms with Crippen molar-refractivity contribution in [2.24, 2.45) is 0 Å². The van der Waals surface area contributed by atoms with Crippen LogP contribution in [-0.4, -0.2) is 50.6 Å². The van der Waals surface area contributed by atoms with E-state index in [2.05, 4.69) is 17.1 Å². The highest BCUT2D eigenvalue weighted by molar-refractivity contribution is 8.01. The maximum Gasteiger partial charge on any atom is 0.259 e. The van der Waals surface area contributed by atoms with Gasteiger partial charge in [0.25, 0.3) is 5.91 Å². The Hall–Kier alpha value is -1.86. The van der Waals surface area contributed by atoms with Crippen LogP contribution in [0.5, 0.6) is 0 Å². The van der Waals surface area contributed by atoms with Gasteiger partial charge in [0.05, 0.1) is 28.8 Å². The lowest BCUT2D eigenvalue weighted by Crippen LogP contribution is -2.60. The molecule has 0 bridgehead atoms. The molecule has 1 amide bonds. The van der Waals surface area contributed by atoms with Crippen molar-refractivity contribution in [1.29, 1.82) is 0 Å². The van der Waals surface area contributed by atoms with Gasteiger partial charge in [-0.25, -0.2) is 0 Å². The zero-order chi connectivity index (χ0) is 18.9. The Morgan fingerprint density at radius 3 is 3.04 bits per heavy atom. The lowest BCUT2D eigenvalue weighted by Gasteiger charge is -2.47. The number of ether oxygens (including phenoxy) is 1. The average Bonchev–Trinajstić information content (AvgIpc) is 3.24. The van der Waals surface area contributed by atoms with Gasteiger partial charge >= 0.3 is 0 Å². The van der Waals surface area contributed by atoms with E-state index in [1.54, 1.807) is 6.20 Å². The summed E-state index contributed by atoms with van der Waals surface area (Å²) in [6, 6.07) is 5.87. The first-order chi connectivity index (χ1) is 13.1. The Labute approximate surface area is 163 Å². The monoisotopic (exact) mass is 387 g/mol. The summed E-state index contributed by atoms with van der Waals surface area (Å²) >= 11 is 1.93. The van der Waals surface area contributed by atoms with Crippen LogP contribution >= 0.6 is 11.8 Å². The van der Waals surface area contributed by atoms with Crippen molar-refractivity contribution in [2.75, 3.05) is 18.8 Å².